The second-order valence-electron chi connectivity index (χ2n) is 7.43. The SMILES string of the molecule is O=C(c1ccccc1)c1ccc(Cn2ccc3nc(-c4cccc(F)c4F)nc-3c2)cc1. The summed E-state index contributed by atoms with van der Waals surface area (Å²) < 4.78 is 29.6. The zero-order valence-electron chi connectivity index (χ0n) is 16.9. The highest BCUT2D eigenvalue weighted by atomic mass is 19.2. The van der Waals surface area contributed by atoms with Crippen LogP contribution in [0.25, 0.3) is 22.8 Å². The maximum absolute atomic E-state index is 14.1. The van der Waals surface area contributed by atoms with Crippen molar-refractivity contribution in [2.75, 3.05) is 0 Å². The molecule has 0 N–H and O–H groups in total. The van der Waals surface area contributed by atoms with Gasteiger partial charge in [-0.3, -0.25) is 4.79 Å². The molecule has 0 amide bonds. The van der Waals surface area contributed by atoms with Gasteiger partial charge in [-0.05, 0) is 23.8 Å². The van der Waals surface area contributed by atoms with Crippen molar-refractivity contribution in [2.45, 2.75) is 6.54 Å². The number of benzene rings is 3. The highest BCUT2D eigenvalue weighted by molar-refractivity contribution is 6.08. The lowest BCUT2D eigenvalue weighted by Crippen LogP contribution is -2.03. The van der Waals surface area contributed by atoms with Gasteiger partial charge < -0.3 is 4.57 Å². The number of hydrogen-bond acceptors (Lipinski definition) is 3. The third-order valence-corrected chi connectivity index (χ3v) is 5.24. The summed E-state index contributed by atoms with van der Waals surface area (Å²) in [5, 5.41) is 0. The summed E-state index contributed by atoms with van der Waals surface area (Å²) >= 11 is 0. The molecule has 2 heterocycles. The predicted molar refractivity (Wildman–Crippen MR) is 117 cm³/mol. The van der Waals surface area contributed by atoms with Crippen molar-refractivity contribution in [2.24, 2.45) is 0 Å². The molecule has 0 saturated carbocycles. The Labute approximate surface area is 183 Å². The van der Waals surface area contributed by atoms with Gasteiger partial charge in [-0.15, -0.1) is 0 Å². The standard InChI is InChI=1S/C26H17F2N3O/c27-21-8-4-7-20(24(21)28)26-29-22-13-14-31(16-23(22)30-26)15-17-9-11-19(12-10-17)25(32)18-5-2-1-3-6-18/h1-14,16H,15H2. The molecule has 2 aliphatic heterocycles. The maximum Gasteiger partial charge on any atom is 0.193 e. The fraction of sp³-hybridized carbons (Fsp3) is 0.0385. The van der Waals surface area contributed by atoms with Crippen LogP contribution in [0, 0.1) is 11.6 Å². The van der Waals surface area contributed by atoms with Crippen LogP contribution in [0.4, 0.5) is 8.78 Å². The summed E-state index contributed by atoms with van der Waals surface area (Å²) in [7, 11) is 0. The molecular weight excluding hydrogens is 408 g/mol. The minimum Gasteiger partial charge on any atom is -0.348 e. The highest BCUT2D eigenvalue weighted by Crippen LogP contribution is 2.27. The fourth-order valence-corrected chi connectivity index (χ4v) is 3.58. The number of halogens is 2. The molecular formula is C26H17F2N3O. The molecule has 0 aliphatic carbocycles. The van der Waals surface area contributed by atoms with Gasteiger partial charge in [-0.2, -0.15) is 0 Å². The maximum atomic E-state index is 14.1. The molecule has 3 aromatic carbocycles. The smallest absolute Gasteiger partial charge is 0.193 e. The van der Waals surface area contributed by atoms with E-state index in [1.807, 2.05) is 59.4 Å². The third kappa shape index (κ3) is 3.78. The molecule has 4 nitrogen and oxygen atoms in total. The normalized spacial score (nSPS) is 11.1. The summed E-state index contributed by atoms with van der Waals surface area (Å²) in [4.78, 5) is 21.3. The number of pyridine rings is 1. The molecule has 0 saturated heterocycles. The van der Waals surface area contributed by atoms with Gasteiger partial charge in [-0.1, -0.05) is 60.7 Å². The number of hydrogen-bond donors (Lipinski definition) is 0. The van der Waals surface area contributed by atoms with Gasteiger partial charge in [0.25, 0.3) is 0 Å². The number of imidazole rings is 1. The Balaban J connectivity index is 1.37. The van der Waals surface area contributed by atoms with Crippen LogP contribution in [0.2, 0.25) is 0 Å². The minimum atomic E-state index is -0.958. The monoisotopic (exact) mass is 425 g/mol. The Morgan fingerprint density at radius 3 is 2.28 bits per heavy atom. The van der Waals surface area contributed by atoms with E-state index in [9.17, 15) is 13.6 Å². The summed E-state index contributed by atoms with van der Waals surface area (Å²) in [6.45, 7) is 0.562. The second-order valence-corrected chi connectivity index (χ2v) is 7.43. The molecule has 0 unspecified atom stereocenters. The van der Waals surface area contributed by atoms with Gasteiger partial charge in [0.2, 0.25) is 0 Å². The van der Waals surface area contributed by atoms with E-state index in [0.29, 0.717) is 29.1 Å². The summed E-state index contributed by atoms with van der Waals surface area (Å²) in [5.74, 6) is -1.75. The first-order valence-electron chi connectivity index (χ1n) is 10.0. The lowest BCUT2D eigenvalue weighted by molar-refractivity contribution is 0.103. The lowest BCUT2D eigenvalue weighted by atomic mass is 10.0. The number of fused-ring (bicyclic) bond motifs is 1. The van der Waals surface area contributed by atoms with Gasteiger partial charge in [-0.25, -0.2) is 18.7 Å². The van der Waals surface area contributed by atoms with Gasteiger partial charge in [0.15, 0.2) is 23.2 Å². The Morgan fingerprint density at radius 2 is 1.50 bits per heavy atom. The van der Waals surface area contributed by atoms with E-state index < -0.39 is 11.6 Å². The predicted octanol–water partition coefficient (Wildman–Crippen LogP) is 5.61. The van der Waals surface area contributed by atoms with E-state index in [2.05, 4.69) is 9.97 Å². The minimum absolute atomic E-state index is 0.0182. The third-order valence-electron chi connectivity index (χ3n) is 5.24. The summed E-state index contributed by atoms with van der Waals surface area (Å²) in [6, 6.07) is 22.4. The van der Waals surface area contributed by atoms with Crippen molar-refractivity contribution >= 4 is 5.78 Å². The number of nitrogens with zero attached hydrogens (tertiary/aromatic N) is 3. The van der Waals surface area contributed by atoms with Crippen LogP contribution in [0.5, 0.6) is 0 Å². The molecule has 0 fully saturated rings. The average molecular weight is 425 g/mol. The number of carbonyl (C=O) groups excluding carboxylic acids is 1. The molecule has 6 heteroatoms. The first-order chi connectivity index (χ1) is 15.6. The lowest BCUT2D eigenvalue weighted by Gasteiger charge is -2.09. The zero-order valence-corrected chi connectivity index (χ0v) is 16.9. The number of aromatic nitrogens is 3. The average Bonchev–Trinajstić information content (AvgIpc) is 3.24. The Bertz CT molecular complexity index is 1380. The van der Waals surface area contributed by atoms with E-state index in [4.69, 9.17) is 0 Å². The van der Waals surface area contributed by atoms with Gasteiger partial charge in [0, 0.05) is 30.1 Å². The molecule has 32 heavy (non-hydrogen) atoms. The van der Waals surface area contributed by atoms with Gasteiger partial charge in [0.05, 0.1) is 11.3 Å². The van der Waals surface area contributed by atoms with Crippen LogP contribution in [0.15, 0.2) is 91.3 Å². The molecule has 2 aliphatic rings. The molecule has 0 radical (unpaired) electrons. The molecule has 0 spiro atoms. The molecule has 0 bridgehead atoms. The van der Waals surface area contributed by atoms with Crippen molar-refractivity contribution in [3.8, 4) is 22.8 Å². The Morgan fingerprint density at radius 1 is 0.781 bits per heavy atom. The molecule has 3 aromatic rings. The van der Waals surface area contributed by atoms with Crippen molar-refractivity contribution in [3.63, 3.8) is 0 Å². The van der Waals surface area contributed by atoms with E-state index >= 15 is 0 Å². The first kappa shape index (κ1) is 19.8. The number of carbonyl (C=O) groups is 1. The topological polar surface area (TPSA) is 47.8 Å². The summed E-state index contributed by atoms with van der Waals surface area (Å²) in [6.07, 6.45) is 3.66. The van der Waals surface area contributed by atoms with Crippen LogP contribution < -0.4 is 0 Å². The first-order valence-corrected chi connectivity index (χ1v) is 10.0. The van der Waals surface area contributed by atoms with Crippen LogP contribution in [-0.4, -0.2) is 20.3 Å². The summed E-state index contributed by atoms with van der Waals surface area (Å²) in [5.41, 5.74) is 3.51. The Kier molecular flexibility index (Phi) is 5.03. The van der Waals surface area contributed by atoms with Gasteiger partial charge >= 0.3 is 0 Å². The van der Waals surface area contributed by atoms with E-state index in [1.165, 1.54) is 12.1 Å². The van der Waals surface area contributed by atoms with Crippen LogP contribution in [-0.2, 0) is 6.54 Å². The van der Waals surface area contributed by atoms with Crippen molar-refractivity contribution in [1.82, 2.24) is 14.5 Å². The van der Waals surface area contributed by atoms with Gasteiger partial charge in [0.1, 0.15) is 5.69 Å². The van der Waals surface area contributed by atoms with Crippen molar-refractivity contribution < 1.29 is 13.6 Å². The Hall–Kier alpha value is -4.19. The molecule has 5 rings (SSSR count). The van der Waals surface area contributed by atoms with Crippen LogP contribution in [0.1, 0.15) is 21.5 Å². The van der Waals surface area contributed by atoms with Crippen LogP contribution in [0.3, 0.4) is 0 Å². The largest absolute Gasteiger partial charge is 0.348 e. The highest BCUT2D eigenvalue weighted by Gasteiger charge is 2.17. The molecule has 0 aromatic heterocycles. The fourth-order valence-electron chi connectivity index (χ4n) is 3.58. The van der Waals surface area contributed by atoms with Crippen molar-refractivity contribution in [1.29, 1.82) is 0 Å². The zero-order chi connectivity index (χ0) is 22.1. The van der Waals surface area contributed by atoms with E-state index in [0.717, 1.165) is 11.6 Å². The molecule has 156 valence electrons. The molecule has 0 atom stereocenters. The quantitative estimate of drug-likeness (QED) is 0.344. The van der Waals surface area contributed by atoms with Crippen LogP contribution >= 0.6 is 0 Å². The number of ketones is 1. The van der Waals surface area contributed by atoms with Crippen molar-refractivity contribution in [3.05, 3.63) is 120 Å². The van der Waals surface area contributed by atoms with E-state index in [-0.39, 0.29) is 17.2 Å². The van der Waals surface area contributed by atoms with E-state index in [1.54, 1.807) is 18.2 Å². The number of rotatable bonds is 5. The second kappa shape index (κ2) is 8.15.